The summed E-state index contributed by atoms with van der Waals surface area (Å²) in [7, 11) is 1.62. The molecular formula is C24H23N3O3S. The van der Waals surface area contributed by atoms with Gasteiger partial charge in [-0.15, -0.1) is 11.3 Å². The van der Waals surface area contributed by atoms with Crippen LogP contribution in [0.2, 0.25) is 0 Å². The highest BCUT2D eigenvalue weighted by molar-refractivity contribution is 7.18. The van der Waals surface area contributed by atoms with Crippen LogP contribution >= 0.6 is 11.3 Å². The quantitative estimate of drug-likeness (QED) is 0.555. The first kappa shape index (κ1) is 20.9. The SMILES string of the molecule is CC(C)Oc1ccc(-c2ncc(-c3cccc4c3CCC4N(C)C(=O)O)s2)cc1C#N. The van der Waals surface area contributed by atoms with Gasteiger partial charge in [-0.05, 0) is 61.6 Å². The lowest BCUT2D eigenvalue weighted by atomic mass is 10.0. The molecule has 1 heterocycles. The number of fused-ring (bicyclic) bond motifs is 1. The zero-order chi connectivity index (χ0) is 22.1. The van der Waals surface area contributed by atoms with Gasteiger partial charge in [0.15, 0.2) is 0 Å². The molecular weight excluding hydrogens is 410 g/mol. The molecule has 0 saturated carbocycles. The molecule has 3 aromatic rings. The van der Waals surface area contributed by atoms with Gasteiger partial charge >= 0.3 is 6.09 Å². The van der Waals surface area contributed by atoms with Gasteiger partial charge in [0, 0.05) is 18.8 Å². The van der Waals surface area contributed by atoms with Crippen molar-refractivity contribution in [1.82, 2.24) is 9.88 Å². The Labute approximate surface area is 185 Å². The topological polar surface area (TPSA) is 86.4 Å². The summed E-state index contributed by atoms with van der Waals surface area (Å²) in [4.78, 5) is 18.5. The van der Waals surface area contributed by atoms with Crippen LogP contribution in [0.3, 0.4) is 0 Å². The summed E-state index contributed by atoms with van der Waals surface area (Å²) in [6.07, 6.45) is 2.55. The van der Waals surface area contributed by atoms with Crippen LogP contribution in [0, 0.1) is 11.3 Å². The maximum absolute atomic E-state index is 11.4. The molecule has 0 aliphatic heterocycles. The molecule has 2 aromatic carbocycles. The lowest BCUT2D eigenvalue weighted by Gasteiger charge is -2.22. The zero-order valence-electron chi connectivity index (χ0n) is 17.6. The summed E-state index contributed by atoms with van der Waals surface area (Å²) in [6, 6.07) is 13.7. The third-order valence-electron chi connectivity index (χ3n) is 5.49. The third kappa shape index (κ3) is 3.99. The van der Waals surface area contributed by atoms with Crippen LogP contribution in [-0.2, 0) is 6.42 Å². The monoisotopic (exact) mass is 433 g/mol. The lowest BCUT2D eigenvalue weighted by Crippen LogP contribution is -2.28. The number of amides is 1. The Morgan fingerprint density at radius 1 is 1.35 bits per heavy atom. The molecule has 7 heteroatoms. The van der Waals surface area contributed by atoms with E-state index in [4.69, 9.17) is 4.74 Å². The van der Waals surface area contributed by atoms with Gasteiger partial charge in [-0.25, -0.2) is 9.78 Å². The number of ether oxygens (including phenoxy) is 1. The number of aromatic nitrogens is 1. The number of hydrogen-bond donors (Lipinski definition) is 1. The fraction of sp³-hybridized carbons (Fsp3) is 0.292. The molecule has 1 N–H and O–H groups in total. The van der Waals surface area contributed by atoms with Gasteiger partial charge in [0.05, 0.1) is 22.6 Å². The van der Waals surface area contributed by atoms with E-state index in [0.29, 0.717) is 11.3 Å². The Bertz CT molecular complexity index is 1180. The van der Waals surface area contributed by atoms with Crippen molar-refractivity contribution in [2.75, 3.05) is 7.05 Å². The Morgan fingerprint density at radius 3 is 2.87 bits per heavy atom. The summed E-state index contributed by atoms with van der Waals surface area (Å²) in [5.41, 5.74) is 4.72. The molecule has 1 aliphatic carbocycles. The minimum absolute atomic E-state index is 0.00594. The highest BCUT2D eigenvalue weighted by atomic mass is 32.1. The summed E-state index contributed by atoms with van der Waals surface area (Å²) in [5.74, 6) is 0.576. The van der Waals surface area contributed by atoms with E-state index in [1.807, 2.05) is 50.4 Å². The van der Waals surface area contributed by atoms with E-state index in [1.54, 1.807) is 18.4 Å². The fourth-order valence-electron chi connectivity index (χ4n) is 4.04. The van der Waals surface area contributed by atoms with Crippen LogP contribution < -0.4 is 4.74 Å². The van der Waals surface area contributed by atoms with Crippen LogP contribution in [0.5, 0.6) is 5.75 Å². The highest BCUT2D eigenvalue weighted by Crippen LogP contribution is 2.42. The van der Waals surface area contributed by atoms with Gasteiger partial charge in [-0.1, -0.05) is 18.2 Å². The van der Waals surface area contributed by atoms with E-state index >= 15 is 0 Å². The van der Waals surface area contributed by atoms with Crippen LogP contribution in [0.15, 0.2) is 42.6 Å². The largest absolute Gasteiger partial charge is 0.490 e. The molecule has 1 amide bonds. The van der Waals surface area contributed by atoms with Gasteiger partial charge in [0.1, 0.15) is 16.8 Å². The summed E-state index contributed by atoms with van der Waals surface area (Å²) < 4.78 is 5.71. The van der Waals surface area contributed by atoms with Gasteiger partial charge in [-0.3, -0.25) is 0 Å². The number of rotatable bonds is 5. The van der Waals surface area contributed by atoms with Gasteiger partial charge in [0.25, 0.3) is 0 Å². The lowest BCUT2D eigenvalue weighted by molar-refractivity contribution is 0.138. The highest BCUT2D eigenvalue weighted by Gasteiger charge is 2.30. The average molecular weight is 434 g/mol. The van der Waals surface area contributed by atoms with Crippen molar-refractivity contribution in [3.63, 3.8) is 0 Å². The van der Waals surface area contributed by atoms with Crippen molar-refractivity contribution >= 4 is 17.4 Å². The second-order valence-electron chi connectivity index (χ2n) is 7.84. The van der Waals surface area contributed by atoms with E-state index < -0.39 is 6.09 Å². The summed E-state index contributed by atoms with van der Waals surface area (Å²) in [5, 5.41) is 19.7. The minimum Gasteiger partial charge on any atom is -0.490 e. The molecule has 0 spiro atoms. The first-order valence-corrected chi connectivity index (χ1v) is 11.0. The van der Waals surface area contributed by atoms with E-state index in [-0.39, 0.29) is 12.1 Å². The normalized spacial score (nSPS) is 14.9. The van der Waals surface area contributed by atoms with Crippen molar-refractivity contribution < 1.29 is 14.6 Å². The summed E-state index contributed by atoms with van der Waals surface area (Å²) in [6.45, 7) is 3.86. The molecule has 1 atom stereocenters. The Morgan fingerprint density at radius 2 is 2.16 bits per heavy atom. The number of hydrogen-bond acceptors (Lipinski definition) is 5. The van der Waals surface area contributed by atoms with Gasteiger partial charge < -0.3 is 14.7 Å². The fourth-order valence-corrected chi connectivity index (χ4v) is 5.00. The van der Waals surface area contributed by atoms with E-state index in [0.717, 1.165) is 39.4 Å². The van der Waals surface area contributed by atoms with Crippen molar-refractivity contribution in [2.45, 2.75) is 38.8 Å². The molecule has 158 valence electrons. The average Bonchev–Trinajstić information content (AvgIpc) is 3.40. The molecule has 0 radical (unpaired) electrons. The maximum Gasteiger partial charge on any atom is 0.407 e. The zero-order valence-corrected chi connectivity index (χ0v) is 18.4. The summed E-state index contributed by atoms with van der Waals surface area (Å²) >= 11 is 1.57. The molecule has 0 saturated heterocycles. The molecule has 0 bridgehead atoms. The van der Waals surface area contributed by atoms with Gasteiger partial charge in [0.2, 0.25) is 0 Å². The van der Waals surface area contributed by atoms with Crippen LogP contribution in [0.4, 0.5) is 4.79 Å². The van der Waals surface area contributed by atoms with Crippen LogP contribution in [0.1, 0.15) is 43.0 Å². The molecule has 31 heavy (non-hydrogen) atoms. The Hall–Kier alpha value is -3.37. The standard InChI is InChI=1S/C24H23N3O3S/c1-14(2)30-21-10-7-15(11-16(21)12-25)23-26-13-22(31-23)19-6-4-5-18-17(19)8-9-20(18)27(3)24(28)29/h4-7,10-11,13-14,20H,8-9H2,1-3H3,(H,28,29). The number of nitrogens with zero attached hydrogens (tertiary/aromatic N) is 3. The Balaban J connectivity index is 1.67. The van der Waals surface area contributed by atoms with Gasteiger partial charge in [-0.2, -0.15) is 5.26 Å². The Kier molecular flexibility index (Phi) is 5.66. The van der Waals surface area contributed by atoms with Crippen molar-refractivity contribution in [3.8, 4) is 32.8 Å². The molecule has 1 aliphatic rings. The molecule has 1 aromatic heterocycles. The predicted molar refractivity (Wildman–Crippen MR) is 120 cm³/mol. The molecule has 1 unspecified atom stereocenters. The van der Waals surface area contributed by atoms with Crippen molar-refractivity contribution in [1.29, 1.82) is 5.26 Å². The van der Waals surface area contributed by atoms with E-state index in [1.165, 1.54) is 10.5 Å². The molecule has 6 nitrogen and oxygen atoms in total. The predicted octanol–water partition coefficient (Wildman–Crippen LogP) is 5.73. The minimum atomic E-state index is -0.915. The van der Waals surface area contributed by atoms with Crippen LogP contribution in [-0.4, -0.2) is 34.2 Å². The number of carboxylic acid groups (broad SMARTS) is 1. The number of carbonyl (C=O) groups is 1. The van der Waals surface area contributed by atoms with Crippen molar-refractivity contribution in [2.24, 2.45) is 0 Å². The number of benzene rings is 2. The second kappa shape index (κ2) is 8.40. The van der Waals surface area contributed by atoms with E-state index in [9.17, 15) is 15.2 Å². The van der Waals surface area contributed by atoms with Crippen LogP contribution in [0.25, 0.3) is 21.0 Å². The van der Waals surface area contributed by atoms with Crippen molar-refractivity contribution in [3.05, 3.63) is 59.3 Å². The molecule has 4 rings (SSSR count). The first-order chi connectivity index (χ1) is 14.9. The smallest absolute Gasteiger partial charge is 0.407 e. The second-order valence-corrected chi connectivity index (χ2v) is 8.87. The van der Waals surface area contributed by atoms with E-state index in [2.05, 4.69) is 17.1 Å². The third-order valence-corrected chi connectivity index (χ3v) is 6.57. The number of thiazole rings is 1. The number of nitriles is 1. The molecule has 0 fully saturated rings. The maximum atomic E-state index is 11.4. The first-order valence-electron chi connectivity index (χ1n) is 10.1.